The quantitative estimate of drug-likeness (QED) is 0.783. The summed E-state index contributed by atoms with van der Waals surface area (Å²) >= 11 is 0. The number of nitrogen functional groups attached to an aromatic ring is 1. The van der Waals surface area contributed by atoms with Crippen LogP contribution >= 0.6 is 0 Å². The lowest BCUT2D eigenvalue weighted by Gasteiger charge is -2.08. The first-order chi connectivity index (χ1) is 9.63. The van der Waals surface area contributed by atoms with Gasteiger partial charge < -0.3 is 11.1 Å². The molecule has 20 heavy (non-hydrogen) atoms. The van der Waals surface area contributed by atoms with E-state index >= 15 is 0 Å². The Morgan fingerprint density at radius 1 is 0.800 bits per heavy atom. The van der Waals surface area contributed by atoms with Crippen LogP contribution in [0.4, 0.5) is 5.69 Å². The number of hydrogen-bond acceptors (Lipinski definition) is 2. The van der Waals surface area contributed by atoms with Crippen molar-refractivity contribution in [3.63, 3.8) is 0 Å². The minimum Gasteiger partial charge on any atom is -0.399 e. The predicted octanol–water partition coefficient (Wildman–Crippen LogP) is 3.76. The lowest BCUT2D eigenvalue weighted by Crippen LogP contribution is -2.12. The van der Waals surface area contributed by atoms with Gasteiger partial charge in [-0.25, -0.2) is 0 Å². The molecule has 0 aromatic heterocycles. The molecule has 0 fully saturated rings. The average molecular weight is 268 g/mol. The summed E-state index contributed by atoms with van der Waals surface area (Å²) in [5.41, 5.74) is 10.5. The first kappa shape index (κ1) is 14.6. The molecule has 106 valence electrons. The maximum atomic E-state index is 5.67. The molecule has 2 nitrogen and oxygen atoms in total. The van der Waals surface area contributed by atoms with Crippen LogP contribution in [0.5, 0.6) is 0 Å². The van der Waals surface area contributed by atoms with Gasteiger partial charge in [-0.3, -0.25) is 0 Å². The van der Waals surface area contributed by atoms with Crippen LogP contribution in [0.1, 0.15) is 30.5 Å². The largest absolute Gasteiger partial charge is 0.399 e. The molecule has 0 heterocycles. The molecule has 0 aliphatic rings. The summed E-state index contributed by atoms with van der Waals surface area (Å²) in [4.78, 5) is 0. The molecule has 3 N–H and O–H groups in total. The van der Waals surface area contributed by atoms with Crippen molar-refractivity contribution in [2.45, 2.75) is 33.4 Å². The van der Waals surface area contributed by atoms with Crippen LogP contribution < -0.4 is 11.1 Å². The molecular weight excluding hydrogens is 244 g/mol. The Kier molecular flexibility index (Phi) is 5.19. The van der Waals surface area contributed by atoms with Gasteiger partial charge in [0.2, 0.25) is 0 Å². The van der Waals surface area contributed by atoms with Crippen LogP contribution in [0, 0.1) is 5.92 Å². The number of benzene rings is 2. The lowest BCUT2D eigenvalue weighted by atomic mass is 10.0. The smallest absolute Gasteiger partial charge is 0.0314 e. The van der Waals surface area contributed by atoms with Gasteiger partial charge in [0.05, 0.1) is 0 Å². The molecule has 0 unspecified atom stereocenters. The van der Waals surface area contributed by atoms with Gasteiger partial charge in [0.15, 0.2) is 0 Å². The van der Waals surface area contributed by atoms with Crippen molar-refractivity contribution in [1.29, 1.82) is 0 Å². The summed E-state index contributed by atoms with van der Waals surface area (Å²) in [5.74, 6) is 0.712. The summed E-state index contributed by atoms with van der Waals surface area (Å²) in [5, 5.41) is 3.46. The SMILES string of the molecule is CC(C)Cc1ccc(CNCc2ccc(N)cc2)cc1. The Hall–Kier alpha value is -1.80. The lowest BCUT2D eigenvalue weighted by molar-refractivity contribution is 0.646. The molecule has 2 rings (SSSR count). The molecule has 0 spiro atoms. The molecule has 0 radical (unpaired) electrons. The molecule has 0 saturated carbocycles. The van der Waals surface area contributed by atoms with E-state index in [0.717, 1.165) is 25.2 Å². The van der Waals surface area contributed by atoms with Crippen LogP contribution in [-0.4, -0.2) is 0 Å². The minimum atomic E-state index is 0.712. The number of hydrogen-bond donors (Lipinski definition) is 2. The molecule has 2 heteroatoms. The monoisotopic (exact) mass is 268 g/mol. The van der Waals surface area contributed by atoms with Gasteiger partial charge in [-0.1, -0.05) is 50.2 Å². The van der Waals surface area contributed by atoms with Gasteiger partial charge in [-0.15, -0.1) is 0 Å². The zero-order valence-corrected chi connectivity index (χ0v) is 12.4. The van der Waals surface area contributed by atoms with Gasteiger partial charge in [-0.05, 0) is 41.2 Å². The maximum Gasteiger partial charge on any atom is 0.0314 e. The number of nitrogens with two attached hydrogens (primary N) is 1. The highest BCUT2D eigenvalue weighted by Gasteiger charge is 1.98. The second-order valence-corrected chi connectivity index (χ2v) is 5.76. The fraction of sp³-hybridized carbons (Fsp3) is 0.333. The van der Waals surface area contributed by atoms with Crippen LogP contribution in [-0.2, 0) is 19.5 Å². The number of rotatable bonds is 6. The zero-order chi connectivity index (χ0) is 14.4. The number of nitrogens with one attached hydrogen (secondary N) is 1. The first-order valence-electron chi connectivity index (χ1n) is 7.26. The van der Waals surface area contributed by atoms with E-state index in [1.165, 1.54) is 16.7 Å². The van der Waals surface area contributed by atoms with Gasteiger partial charge in [-0.2, -0.15) is 0 Å². The molecule has 2 aromatic rings. The van der Waals surface area contributed by atoms with Crippen molar-refractivity contribution in [3.8, 4) is 0 Å². The van der Waals surface area contributed by atoms with Crippen molar-refractivity contribution < 1.29 is 0 Å². The summed E-state index contributed by atoms with van der Waals surface area (Å²) < 4.78 is 0. The van der Waals surface area contributed by atoms with Crippen LogP contribution in [0.25, 0.3) is 0 Å². The van der Waals surface area contributed by atoms with Crippen LogP contribution in [0.15, 0.2) is 48.5 Å². The summed E-state index contributed by atoms with van der Waals surface area (Å²) in [6.07, 6.45) is 1.15. The fourth-order valence-electron chi connectivity index (χ4n) is 2.25. The molecule has 0 saturated heterocycles. The van der Waals surface area contributed by atoms with E-state index in [1.54, 1.807) is 0 Å². The number of anilines is 1. The second kappa shape index (κ2) is 7.11. The summed E-state index contributed by atoms with van der Waals surface area (Å²) in [6, 6.07) is 16.9. The Balaban J connectivity index is 1.80. The Morgan fingerprint density at radius 3 is 1.75 bits per heavy atom. The third kappa shape index (κ3) is 4.71. The molecule has 2 aromatic carbocycles. The van der Waals surface area contributed by atoms with Crippen molar-refractivity contribution >= 4 is 5.69 Å². The third-order valence-electron chi connectivity index (χ3n) is 3.30. The van der Waals surface area contributed by atoms with E-state index in [2.05, 4.69) is 55.6 Å². The Labute approximate surface area is 122 Å². The van der Waals surface area contributed by atoms with E-state index in [4.69, 9.17) is 5.73 Å². The highest BCUT2D eigenvalue weighted by atomic mass is 14.8. The summed E-state index contributed by atoms with van der Waals surface area (Å²) in [6.45, 7) is 6.27. The zero-order valence-electron chi connectivity index (χ0n) is 12.4. The van der Waals surface area contributed by atoms with Crippen LogP contribution in [0.2, 0.25) is 0 Å². The molecule has 0 aliphatic heterocycles. The average Bonchev–Trinajstić information content (AvgIpc) is 2.42. The van der Waals surface area contributed by atoms with Crippen molar-refractivity contribution in [2.24, 2.45) is 5.92 Å². The molecule has 0 amide bonds. The second-order valence-electron chi connectivity index (χ2n) is 5.76. The molecule has 0 aliphatic carbocycles. The van der Waals surface area contributed by atoms with Crippen molar-refractivity contribution in [1.82, 2.24) is 5.32 Å². The maximum absolute atomic E-state index is 5.67. The van der Waals surface area contributed by atoms with E-state index in [-0.39, 0.29) is 0 Å². The summed E-state index contributed by atoms with van der Waals surface area (Å²) in [7, 11) is 0. The van der Waals surface area contributed by atoms with Gasteiger partial charge in [0.25, 0.3) is 0 Å². The van der Waals surface area contributed by atoms with E-state index < -0.39 is 0 Å². The van der Waals surface area contributed by atoms with Gasteiger partial charge >= 0.3 is 0 Å². The van der Waals surface area contributed by atoms with Gasteiger partial charge in [0.1, 0.15) is 0 Å². The highest BCUT2D eigenvalue weighted by Crippen LogP contribution is 2.10. The molecule has 0 bridgehead atoms. The van der Waals surface area contributed by atoms with E-state index in [0.29, 0.717) is 5.92 Å². The molecular formula is C18H24N2. The highest BCUT2D eigenvalue weighted by molar-refractivity contribution is 5.39. The molecule has 0 atom stereocenters. The van der Waals surface area contributed by atoms with E-state index in [1.807, 2.05) is 12.1 Å². The Morgan fingerprint density at radius 2 is 1.25 bits per heavy atom. The van der Waals surface area contributed by atoms with E-state index in [9.17, 15) is 0 Å². The first-order valence-corrected chi connectivity index (χ1v) is 7.26. The minimum absolute atomic E-state index is 0.712. The standard InChI is InChI=1S/C18H24N2/c1-14(2)11-15-3-5-16(6-4-15)12-20-13-17-7-9-18(19)10-8-17/h3-10,14,20H,11-13,19H2,1-2H3. The van der Waals surface area contributed by atoms with Crippen molar-refractivity contribution in [2.75, 3.05) is 5.73 Å². The normalized spacial score (nSPS) is 10.9. The Bertz CT molecular complexity index is 512. The van der Waals surface area contributed by atoms with Crippen LogP contribution in [0.3, 0.4) is 0 Å². The van der Waals surface area contributed by atoms with Gasteiger partial charge in [0, 0.05) is 18.8 Å². The van der Waals surface area contributed by atoms with Crippen molar-refractivity contribution in [3.05, 3.63) is 65.2 Å². The fourth-order valence-corrected chi connectivity index (χ4v) is 2.25. The third-order valence-corrected chi connectivity index (χ3v) is 3.30. The predicted molar refractivity (Wildman–Crippen MR) is 86.4 cm³/mol. The topological polar surface area (TPSA) is 38.0 Å².